The summed E-state index contributed by atoms with van der Waals surface area (Å²) in [4.78, 5) is 1.38. The Bertz CT molecular complexity index is 348. The molecule has 0 heterocycles. The fourth-order valence-electron chi connectivity index (χ4n) is 1.01. The monoisotopic (exact) mass is 209 g/mol. The number of nitrogens with zero attached hydrogens (tertiary/aromatic N) is 2. The van der Waals surface area contributed by atoms with Gasteiger partial charge in [0.05, 0.1) is 5.69 Å². The molecule has 0 fully saturated rings. The number of guanidine groups is 1. The molecule has 74 valence electrons. The molecule has 0 amide bonds. The highest BCUT2D eigenvalue weighted by atomic mass is 32.1. The third kappa shape index (κ3) is 2.11. The normalized spacial score (nSPS) is 11.0. The largest absolute Gasteiger partial charge is 0.376 e. The number of anilines is 1. The average molecular weight is 209 g/mol. The first kappa shape index (κ1) is 10.3. The summed E-state index contributed by atoms with van der Waals surface area (Å²) in [5.41, 5.74) is 11.7. The van der Waals surface area contributed by atoms with Crippen molar-refractivity contribution >= 4 is 29.0 Å². The lowest BCUT2D eigenvalue weighted by Gasteiger charge is -2.20. The lowest BCUT2D eigenvalue weighted by molar-refractivity contribution is 1.19. The fourth-order valence-corrected chi connectivity index (χ4v) is 1.21. The molecule has 0 radical (unpaired) electrons. The van der Waals surface area contributed by atoms with E-state index in [-0.39, 0.29) is 11.1 Å². The van der Waals surface area contributed by atoms with Crippen LogP contribution < -0.4 is 22.2 Å². The van der Waals surface area contributed by atoms with Gasteiger partial charge in [-0.05, 0) is 24.4 Å². The van der Waals surface area contributed by atoms with Crippen LogP contribution >= 0.6 is 12.2 Å². The standard InChI is InChI=1S/C8H11N5S/c9-7(12-11)13(8(10)14)6-4-2-1-3-5-6/h1-5H,11H2,(H2,9,12)(H2,10,14). The summed E-state index contributed by atoms with van der Waals surface area (Å²) in [7, 11) is 0. The van der Waals surface area contributed by atoms with E-state index in [2.05, 4.69) is 5.10 Å². The summed E-state index contributed by atoms with van der Waals surface area (Å²) in [6.07, 6.45) is 0. The van der Waals surface area contributed by atoms with E-state index < -0.39 is 0 Å². The van der Waals surface area contributed by atoms with Gasteiger partial charge in [0.2, 0.25) is 5.96 Å². The Morgan fingerprint density at radius 3 is 2.21 bits per heavy atom. The third-order valence-corrected chi connectivity index (χ3v) is 1.78. The molecule has 1 aromatic rings. The maximum atomic E-state index is 5.53. The minimum absolute atomic E-state index is 0.0590. The number of nitrogens with two attached hydrogens (primary N) is 3. The number of rotatable bonds is 1. The van der Waals surface area contributed by atoms with Gasteiger partial charge in [-0.1, -0.05) is 18.2 Å². The van der Waals surface area contributed by atoms with Crippen LogP contribution in [0.3, 0.4) is 0 Å². The first-order chi connectivity index (χ1) is 6.66. The van der Waals surface area contributed by atoms with Crippen LogP contribution in [0.1, 0.15) is 0 Å². The van der Waals surface area contributed by atoms with E-state index in [4.69, 9.17) is 29.5 Å². The van der Waals surface area contributed by atoms with Crippen molar-refractivity contribution in [2.75, 3.05) is 4.90 Å². The molecule has 0 aliphatic heterocycles. The molecule has 0 aliphatic carbocycles. The van der Waals surface area contributed by atoms with Crippen LogP contribution in [0.25, 0.3) is 0 Å². The van der Waals surface area contributed by atoms with Gasteiger partial charge < -0.3 is 17.3 Å². The van der Waals surface area contributed by atoms with Gasteiger partial charge in [0.15, 0.2) is 5.11 Å². The molecule has 1 aromatic carbocycles. The first-order valence-electron chi connectivity index (χ1n) is 3.84. The quantitative estimate of drug-likeness (QED) is 0.198. The van der Waals surface area contributed by atoms with Gasteiger partial charge in [-0.25, -0.2) is 0 Å². The number of benzene rings is 1. The maximum absolute atomic E-state index is 5.53. The topological polar surface area (TPSA) is 93.7 Å². The van der Waals surface area contributed by atoms with Crippen molar-refractivity contribution in [1.29, 1.82) is 0 Å². The van der Waals surface area contributed by atoms with Gasteiger partial charge in [-0.15, -0.1) is 5.10 Å². The van der Waals surface area contributed by atoms with E-state index in [1.807, 2.05) is 18.2 Å². The van der Waals surface area contributed by atoms with E-state index in [1.165, 1.54) is 4.90 Å². The average Bonchev–Trinajstić information content (AvgIpc) is 2.19. The van der Waals surface area contributed by atoms with Gasteiger partial charge in [-0.3, -0.25) is 4.90 Å². The SMILES string of the molecule is N/N=C(\N)N(C(N)=S)c1ccccc1. The lowest BCUT2D eigenvalue weighted by atomic mass is 10.3. The Labute approximate surface area is 87.2 Å². The van der Waals surface area contributed by atoms with Crippen molar-refractivity contribution in [3.05, 3.63) is 30.3 Å². The second kappa shape index (κ2) is 4.43. The van der Waals surface area contributed by atoms with Crippen LogP contribution in [-0.4, -0.2) is 11.1 Å². The zero-order valence-electron chi connectivity index (χ0n) is 7.42. The van der Waals surface area contributed by atoms with Crippen LogP contribution in [0, 0.1) is 0 Å². The van der Waals surface area contributed by atoms with Crippen molar-refractivity contribution in [3.8, 4) is 0 Å². The van der Waals surface area contributed by atoms with E-state index in [9.17, 15) is 0 Å². The highest BCUT2D eigenvalue weighted by Crippen LogP contribution is 2.12. The highest BCUT2D eigenvalue weighted by molar-refractivity contribution is 7.80. The molecular formula is C8H11N5S. The second-order valence-corrected chi connectivity index (χ2v) is 2.91. The zero-order chi connectivity index (χ0) is 10.6. The lowest BCUT2D eigenvalue weighted by Crippen LogP contribution is -2.45. The maximum Gasteiger partial charge on any atom is 0.224 e. The van der Waals surface area contributed by atoms with Gasteiger partial charge in [-0.2, -0.15) is 0 Å². The molecule has 0 aromatic heterocycles. The Kier molecular flexibility index (Phi) is 3.24. The van der Waals surface area contributed by atoms with Crippen LogP contribution in [0.15, 0.2) is 35.4 Å². The predicted octanol–water partition coefficient (Wildman–Crippen LogP) is -0.0750. The molecule has 1 rings (SSSR count). The molecule has 5 nitrogen and oxygen atoms in total. The molecule has 0 spiro atoms. The molecule has 0 saturated carbocycles. The molecule has 0 saturated heterocycles. The molecule has 0 atom stereocenters. The fraction of sp³-hybridized carbons (Fsp3) is 0. The van der Waals surface area contributed by atoms with Crippen molar-refractivity contribution in [2.24, 2.45) is 22.4 Å². The minimum Gasteiger partial charge on any atom is -0.376 e. The van der Waals surface area contributed by atoms with Gasteiger partial charge in [0.1, 0.15) is 0 Å². The Hall–Kier alpha value is -1.82. The van der Waals surface area contributed by atoms with Gasteiger partial charge in [0, 0.05) is 0 Å². The number of para-hydroxylation sites is 1. The van der Waals surface area contributed by atoms with Crippen LogP contribution in [0.4, 0.5) is 5.69 Å². The summed E-state index contributed by atoms with van der Waals surface area (Å²) in [5.74, 6) is 5.11. The Morgan fingerprint density at radius 1 is 1.21 bits per heavy atom. The van der Waals surface area contributed by atoms with E-state index in [1.54, 1.807) is 12.1 Å². The van der Waals surface area contributed by atoms with Crippen molar-refractivity contribution in [1.82, 2.24) is 0 Å². The molecule has 6 N–H and O–H groups in total. The minimum atomic E-state index is 0.0590. The van der Waals surface area contributed by atoms with Crippen LogP contribution in [0.5, 0.6) is 0 Å². The number of hydrazone groups is 1. The summed E-state index contributed by atoms with van der Waals surface area (Å²) < 4.78 is 0. The second-order valence-electron chi connectivity index (χ2n) is 2.50. The van der Waals surface area contributed by atoms with E-state index in [0.29, 0.717) is 0 Å². The number of hydrogen-bond acceptors (Lipinski definition) is 3. The first-order valence-corrected chi connectivity index (χ1v) is 4.25. The molecule has 6 heteroatoms. The van der Waals surface area contributed by atoms with Crippen molar-refractivity contribution in [3.63, 3.8) is 0 Å². The summed E-state index contributed by atoms with van der Waals surface area (Å²) in [5, 5.41) is 3.44. The Balaban J connectivity index is 3.08. The summed E-state index contributed by atoms with van der Waals surface area (Å²) >= 11 is 4.83. The summed E-state index contributed by atoms with van der Waals surface area (Å²) in [6, 6.07) is 9.15. The predicted molar refractivity (Wildman–Crippen MR) is 61.5 cm³/mol. The van der Waals surface area contributed by atoms with Crippen molar-refractivity contribution in [2.45, 2.75) is 0 Å². The summed E-state index contributed by atoms with van der Waals surface area (Å²) in [6.45, 7) is 0. The molecular weight excluding hydrogens is 198 g/mol. The Morgan fingerprint density at radius 2 is 1.79 bits per heavy atom. The highest BCUT2D eigenvalue weighted by Gasteiger charge is 2.12. The van der Waals surface area contributed by atoms with E-state index in [0.717, 1.165) is 5.69 Å². The zero-order valence-corrected chi connectivity index (χ0v) is 8.24. The van der Waals surface area contributed by atoms with Crippen LogP contribution in [-0.2, 0) is 0 Å². The number of thiocarbonyl (C=S) groups is 1. The van der Waals surface area contributed by atoms with Gasteiger partial charge >= 0.3 is 0 Å². The number of hydrogen-bond donors (Lipinski definition) is 3. The van der Waals surface area contributed by atoms with E-state index >= 15 is 0 Å². The molecule has 0 bridgehead atoms. The third-order valence-electron chi connectivity index (χ3n) is 1.60. The molecule has 0 aliphatic rings. The van der Waals surface area contributed by atoms with Gasteiger partial charge in [0.25, 0.3) is 0 Å². The molecule has 14 heavy (non-hydrogen) atoms. The van der Waals surface area contributed by atoms with Crippen LogP contribution in [0.2, 0.25) is 0 Å². The van der Waals surface area contributed by atoms with Crippen molar-refractivity contribution < 1.29 is 0 Å². The smallest absolute Gasteiger partial charge is 0.224 e. The molecule has 0 unspecified atom stereocenters.